The lowest BCUT2D eigenvalue weighted by Crippen LogP contribution is -2.49. The van der Waals surface area contributed by atoms with Gasteiger partial charge in [0.15, 0.2) is 0 Å². The molecule has 1 aromatic carbocycles. The van der Waals surface area contributed by atoms with E-state index in [1.807, 2.05) is 33.7 Å². The number of carbonyl (C=O) groups excluding carboxylic acids is 1. The van der Waals surface area contributed by atoms with Gasteiger partial charge in [-0.1, -0.05) is 12.1 Å². The van der Waals surface area contributed by atoms with Crippen molar-refractivity contribution >= 4 is 16.8 Å². The standard InChI is InChI=1S/C24H27N5O2/c30-23-17(14-27-8-1-2-9-27)6-7-22-18-10-16(13-29(22)23)12-28(15-18)24(31)19-4-3-5-21-20(19)11-25-26-21/h3-7,11,16,18H,1-2,8-10,12-15H2,(H,25,26)/t16-,18+/m0/s1. The molecule has 7 nitrogen and oxygen atoms in total. The number of hydrogen-bond donors (Lipinski definition) is 1. The third-order valence-electron chi connectivity index (χ3n) is 7.28. The molecule has 3 aromatic rings. The van der Waals surface area contributed by atoms with Gasteiger partial charge >= 0.3 is 0 Å². The number of likely N-dealkylation sites (tertiary alicyclic amines) is 2. The first-order valence-electron chi connectivity index (χ1n) is 11.3. The Bertz CT molecular complexity index is 1210. The van der Waals surface area contributed by atoms with Crippen molar-refractivity contribution in [2.75, 3.05) is 26.2 Å². The molecule has 2 saturated heterocycles. The van der Waals surface area contributed by atoms with E-state index < -0.39 is 0 Å². The third kappa shape index (κ3) is 3.19. The molecule has 3 aliphatic heterocycles. The fraction of sp³-hybridized carbons (Fsp3) is 0.458. The number of hydrogen-bond acceptors (Lipinski definition) is 4. The molecule has 2 bridgehead atoms. The van der Waals surface area contributed by atoms with Gasteiger partial charge in [-0.3, -0.25) is 19.6 Å². The van der Waals surface area contributed by atoms with E-state index in [9.17, 15) is 9.59 Å². The largest absolute Gasteiger partial charge is 0.338 e. The van der Waals surface area contributed by atoms with Crippen molar-refractivity contribution < 1.29 is 4.79 Å². The van der Waals surface area contributed by atoms with Crippen molar-refractivity contribution in [3.63, 3.8) is 0 Å². The van der Waals surface area contributed by atoms with Crippen LogP contribution >= 0.6 is 0 Å². The third-order valence-corrected chi connectivity index (χ3v) is 7.28. The minimum absolute atomic E-state index is 0.0585. The van der Waals surface area contributed by atoms with E-state index in [1.165, 1.54) is 12.8 Å². The minimum Gasteiger partial charge on any atom is -0.338 e. The molecule has 0 radical (unpaired) electrons. The Labute approximate surface area is 180 Å². The molecule has 7 heteroatoms. The van der Waals surface area contributed by atoms with Crippen molar-refractivity contribution in [3.8, 4) is 0 Å². The van der Waals surface area contributed by atoms with Crippen molar-refractivity contribution in [3.05, 3.63) is 63.7 Å². The second kappa shape index (κ2) is 7.34. The quantitative estimate of drug-likeness (QED) is 0.711. The molecule has 5 heterocycles. The fourth-order valence-corrected chi connectivity index (χ4v) is 5.78. The van der Waals surface area contributed by atoms with Gasteiger partial charge < -0.3 is 9.47 Å². The van der Waals surface area contributed by atoms with Gasteiger partial charge in [0.2, 0.25) is 0 Å². The maximum Gasteiger partial charge on any atom is 0.255 e. The lowest BCUT2D eigenvalue weighted by molar-refractivity contribution is 0.0596. The zero-order chi connectivity index (χ0) is 20.9. The number of nitrogens with one attached hydrogen (secondary N) is 1. The molecule has 31 heavy (non-hydrogen) atoms. The van der Waals surface area contributed by atoms with Crippen molar-refractivity contribution in [2.24, 2.45) is 5.92 Å². The molecule has 0 spiro atoms. The van der Waals surface area contributed by atoms with Gasteiger partial charge in [0, 0.05) is 48.7 Å². The molecule has 160 valence electrons. The zero-order valence-electron chi connectivity index (χ0n) is 17.6. The van der Waals surface area contributed by atoms with Crippen LogP contribution < -0.4 is 5.56 Å². The Morgan fingerprint density at radius 3 is 2.84 bits per heavy atom. The maximum absolute atomic E-state index is 13.4. The number of amides is 1. The summed E-state index contributed by atoms with van der Waals surface area (Å²) in [5, 5.41) is 7.91. The highest BCUT2D eigenvalue weighted by atomic mass is 16.2. The van der Waals surface area contributed by atoms with E-state index in [2.05, 4.69) is 21.2 Å². The van der Waals surface area contributed by atoms with Crippen LogP contribution in [0.2, 0.25) is 0 Å². The summed E-state index contributed by atoms with van der Waals surface area (Å²) in [6, 6.07) is 9.88. The molecule has 6 rings (SSSR count). The van der Waals surface area contributed by atoms with Crippen LogP contribution in [0.3, 0.4) is 0 Å². The van der Waals surface area contributed by atoms with Crippen molar-refractivity contribution in [1.82, 2.24) is 24.6 Å². The highest BCUT2D eigenvalue weighted by molar-refractivity contribution is 6.06. The molecule has 0 aliphatic carbocycles. The normalized spacial score (nSPS) is 23.3. The van der Waals surface area contributed by atoms with E-state index in [0.717, 1.165) is 48.2 Å². The second-order valence-electron chi connectivity index (χ2n) is 9.33. The molecular formula is C24H27N5O2. The summed E-state index contributed by atoms with van der Waals surface area (Å²) in [5.74, 6) is 0.593. The number of piperidine rings is 1. The first-order chi connectivity index (χ1) is 15.2. The van der Waals surface area contributed by atoms with Crippen LogP contribution in [0, 0.1) is 5.92 Å². The van der Waals surface area contributed by atoms with Crippen LogP contribution in [0.25, 0.3) is 10.9 Å². The molecule has 3 aliphatic rings. The van der Waals surface area contributed by atoms with Crippen LogP contribution in [0.15, 0.2) is 41.3 Å². The van der Waals surface area contributed by atoms with Gasteiger partial charge in [-0.25, -0.2) is 0 Å². The number of aromatic nitrogens is 3. The summed E-state index contributed by atoms with van der Waals surface area (Å²) in [4.78, 5) is 31.0. The van der Waals surface area contributed by atoms with Crippen LogP contribution in [0.4, 0.5) is 0 Å². The van der Waals surface area contributed by atoms with Gasteiger partial charge in [-0.15, -0.1) is 0 Å². The van der Waals surface area contributed by atoms with Gasteiger partial charge in [-0.05, 0) is 56.5 Å². The number of benzene rings is 1. The zero-order valence-corrected chi connectivity index (χ0v) is 17.6. The van der Waals surface area contributed by atoms with Crippen molar-refractivity contribution in [2.45, 2.75) is 38.3 Å². The smallest absolute Gasteiger partial charge is 0.255 e. The molecule has 1 N–H and O–H groups in total. The molecule has 2 atom stereocenters. The molecule has 2 fully saturated rings. The molecule has 0 unspecified atom stereocenters. The Kier molecular flexibility index (Phi) is 4.45. The summed E-state index contributed by atoms with van der Waals surface area (Å²) < 4.78 is 2.00. The van der Waals surface area contributed by atoms with E-state index in [0.29, 0.717) is 31.1 Å². The number of H-pyrrole nitrogens is 1. The first-order valence-corrected chi connectivity index (χ1v) is 11.3. The molecular weight excluding hydrogens is 390 g/mol. The second-order valence-corrected chi connectivity index (χ2v) is 9.33. The fourth-order valence-electron chi connectivity index (χ4n) is 5.78. The molecule has 0 saturated carbocycles. The predicted octanol–water partition coefficient (Wildman–Crippen LogP) is 2.58. The number of carbonyl (C=O) groups is 1. The maximum atomic E-state index is 13.4. The van der Waals surface area contributed by atoms with Gasteiger partial charge in [0.25, 0.3) is 11.5 Å². The topological polar surface area (TPSA) is 74.2 Å². The number of fused-ring (bicyclic) bond motifs is 5. The Balaban J connectivity index is 1.27. The average Bonchev–Trinajstić information content (AvgIpc) is 3.47. The monoisotopic (exact) mass is 417 g/mol. The van der Waals surface area contributed by atoms with Crippen LogP contribution in [-0.2, 0) is 13.1 Å². The Morgan fingerprint density at radius 1 is 1.10 bits per heavy atom. The lowest BCUT2D eigenvalue weighted by atomic mass is 9.82. The summed E-state index contributed by atoms with van der Waals surface area (Å²) in [6.45, 7) is 5.01. The van der Waals surface area contributed by atoms with E-state index in [1.54, 1.807) is 6.20 Å². The number of pyridine rings is 1. The SMILES string of the molecule is O=C(c1cccc2[nH]ncc12)N1C[C@@H]2C[C@H](C1)c1ccc(CN3CCCC3)c(=O)n1C2. The van der Waals surface area contributed by atoms with Crippen LogP contribution in [0.5, 0.6) is 0 Å². The summed E-state index contributed by atoms with van der Waals surface area (Å²) in [6.07, 6.45) is 5.23. The highest BCUT2D eigenvalue weighted by Gasteiger charge is 2.37. The Hall–Kier alpha value is -2.93. The highest BCUT2D eigenvalue weighted by Crippen LogP contribution is 2.36. The number of rotatable bonds is 3. The summed E-state index contributed by atoms with van der Waals surface area (Å²) in [5.41, 5.74) is 3.74. The van der Waals surface area contributed by atoms with Gasteiger partial charge in [0.05, 0.1) is 17.3 Å². The van der Waals surface area contributed by atoms with Crippen LogP contribution in [-0.4, -0.2) is 56.7 Å². The minimum atomic E-state index is 0.0585. The van der Waals surface area contributed by atoms with Crippen molar-refractivity contribution in [1.29, 1.82) is 0 Å². The summed E-state index contributed by atoms with van der Waals surface area (Å²) >= 11 is 0. The predicted molar refractivity (Wildman–Crippen MR) is 118 cm³/mol. The van der Waals surface area contributed by atoms with E-state index in [-0.39, 0.29) is 17.4 Å². The van der Waals surface area contributed by atoms with Gasteiger partial charge in [0.1, 0.15) is 0 Å². The first kappa shape index (κ1) is 18.8. The summed E-state index contributed by atoms with van der Waals surface area (Å²) in [7, 11) is 0. The average molecular weight is 418 g/mol. The number of aromatic amines is 1. The molecule has 1 amide bonds. The Morgan fingerprint density at radius 2 is 1.97 bits per heavy atom. The van der Waals surface area contributed by atoms with E-state index in [4.69, 9.17) is 0 Å². The van der Waals surface area contributed by atoms with Gasteiger partial charge in [-0.2, -0.15) is 5.10 Å². The van der Waals surface area contributed by atoms with E-state index >= 15 is 0 Å². The number of nitrogens with zero attached hydrogens (tertiary/aromatic N) is 4. The van der Waals surface area contributed by atoms with Crippen LogP contribution in [0.1, 0.15) is 46.8 Å². The lowest BCUT2D eigenvalue weighted by Gasteiger charge is -2.43. The molecule has 2 aromatic heterocycles.